The van der Waals surface area contributed by atoms with Crippen molar-refractivity contribution in [1.82, 2.24) is 5.32 Å². The van der Waals surface area contributed by atoms with E-state index in [-0.39, 0.29) is 12.1 Å². The zero-order valence-corrected chi connectivity index (χ0v) is 11.5. The Labute approximate surface area is 114 Å². The van der Waals surface area contributed by atoms with E-state index < -0.39 is 0 Å². The van der Waals surface area contributed by atoms with Crippen molar-refractivity contribution in [2.45, 2.75) is 26.0 Å². The fourth-order valence-corrected chi connectivity index (χ4v) is 1.97. The molecule has 1 aromatic carbocycles. The lowest BCUT2D eigenvalue weighted by Crippen LogP contribution is -2.23. The molecule has 0 aliphatic heterocycles. The summed E-state index contributed by atoms with van der Waals surface area (Å²) in [5, 5.41) is 3.37. The molecule has 0 bridgehead atoms. The summed E-state index contributed by atoms with van der Waals surface area (Å²) in [5.41, 5.74) is 1.21. The van der Waals surface area contributed by atoms with Gasteiger partial charge in [0.05, 0.1) is 25.0 Å². The van der Waals surface area contributed by atoms with Gasteiger partial charge in [-0.3, -0.25) is 0 Å². The first-order chi connectivity index (χ1) is 9.27. The minimum Gasteiger partial charge on any atom is -0.468 e. The van der Waals surface area contributed by atoms with Crippen molar-refractivity contribution < 1.29 is 9.15 Å². The smallest absolute Gasteiger partial charge is 0.120 e. The average Bonchev–Trinajstić information content (AvgIpc) is 2.98. The van der Waals surface area contributed by atoms with Crippen LogP contribution in [0.25, 0.3) is 0 Å². The molecule has 2 unspecified atom stereocenters. The highest BCUT2D eigenvalue weighted by molar-refractivity contribution is 5.16. The lowest BCUT2D eigenvalue weighted by atomic mass is 10.1. The van der Waals surface area contributed by atoms with E-state index in [0.29, 0.717) is 6.61 Å². The van der Waals surface area contributed by atoms with Gasteiger partial charge < -0.3 is 14.5 Å². The van der Waals surface area contributed by atoms with E-state index in [9.17, 15) is 0 Å². The maximum atomic E-state index is 5.80. The molecule has 0 radical (unpaired) electrons. The summed E-state index contributed by atoms with van der Waals surface area (Å²) in [6.07, 6.45) is 1.82. The van der Waals surface area contributed by atoms with Crippen molar-refractivity contribution in [3.63, 3.8) is 0 Å². The normalized spacial score (nSPS) is 14.2. The number of ether oxygens (including phenoxy) is 1. The summed E-state index contributed by atoms with van der Waals surface area (Å²) in [6, 6.07) is 14.4. The Morgan fingerprint density at radius 1 is 1.11 bits per heavy atom. The summed E-state index contributed by atoms with van der Waals surface area (Å²) in [7, 11) is 0. The molecular weight excluding hydrogens is 238 g/mol. The van der Waals surface area contributed by atoms with Crippen LogP contribution in [0.4, 0.5) is 0 Å². The van der Waals surface area contributed by atoms with Crippen molar-refractivity contribution >= 4 is 0 Å². The maximum absolute atomic E-state index is 5.80. The van der Waals surface area contributed by atoms with Crippen LogP contribution in [0.3, 0.4) is 0 Å². The van der Waals surface area contributed by atoms with Gasteiger partial charge in [0.25, 0.3) is 0 Å². The number of benzene rings is 1. The van der Waals surface area contributed by atoms with Crippen LogP contribution in [0.15, 0.2) is 53.1 Å². The van der Waals surface area contributed by atoms with Gasteiger partial charge in [0, 0.05) is 6.54 Å². The first kappa shape index (κ1) is 13.8. The molecule has 0 spiro atoms. The molecule has 0 fully saturated rings. The number of nitrogens with one attached hydrogen (secondary N) is 1. The lowest BCUT2D eigenvalue weighted by Gasteiger charge is -2.15. The van der Waals surface area contributed by atoms with Crippen molar-refractivity contribution in [2.24, 2.45) is 0 Å². The average molecular weight is 259 g/mol. The third-order valence-electron chi connectivity index (χ3n) is 3.16. The monoisotopic (exact) mass is 259 g/mol. The van der Waals surface area contributed by atoms with Crippen molar-refractivity contribution in [1.29, 1.82) is 0 Å². The zero-order chi connectivity index (χ0) is 13.5. The van der Waals surface area contributed by atoms with Crippen LogP contribution in [0, 0.1) is 0 Å². The first-order valence-electron chi connectivity index (χ1n) is 6.70. The third kappa shape index (κ3) is 4.23. The molecule has 0 saturated heterocycles. The molecule has 3 heteroatoms. The standard InChI is InChI=1S/C16H21NO2/c1-13(16-9-6-11-19-16)17-10-12-18-14(2)15-7-4-3-5-8-15/h3-9,11,13-14,17H,10,12H2,1-2H3. The van der Waals surface area contributed by atoms with E-state index in [1.165, 1.54) is 5.56 Å². The molecule has 0 amide bonds. The van der Waals surface area contributed by atoms with Crippen LogP contribution in [-0.2, 0) is 4.74 Å². The Morgan fingerprint density at radius 2 is 1.89 bits per heavy atom. The molecule has 19 heavy (non-hydrogen) atoms. The molecular formula is C16H21NO2. The second-order valence-electron chi connectivity index (χ2n) is 4.61. The number of rotatable bonds is 7. The Bertz CT molecular complexity index is 453. The molecule has 0 saturated carbocycles. The van der Waals surface area contributed by atoms with Gasteiger partial charge in [-0.25, -0.2) is 0 Å². The highest BCUT2D eigenvalue weighted by atomic mass is 16.5. The summed E-state index contributed by atoms with van der Waals surface area (Å²) in [4.78, 5) is 0. The van der Waals surface area contributed by atoms with Crippen molar-refractivity contribution in [3.8, 4) is 0 Å². The van der Waals surface area contributed by atoms with Crippen LogP contribution in [0.5, 0.6) is 0 Å². The second kappa shape index (κ2) is 7.12. The van der Waals surface area contributed by atoms with Gasteiger partial charge in [0.1, 0.15) is 5.76 Å². The molecule has 0 aliphatic carbocycles. The zero-order valence-electron chi connectivity index (χ0n) is 11.5. The summed E-state index contributed by atoms with van der Waals surface area (Å²) in [5.74, 6) is 0.955. The van der Waals surface area contributed by atoms with E-state index >= 15 is 0 Å². The molecule has 1 N–H and O–H groups in total. The minimum absolute atomic E-state index is 0.127. The Hall–Kier alpha value is -1.58. The molecule has 1 heterocycles. The fraction of sp³-hybridized carbons (Fsp3) is 0.375. The Balaban J connectivity index is 1.67. The van der Waals surface area contributed by atoms with Gasteiger partial charge in [-0.15, -0.1) is 0 Å². The summed E-state index contributed by atoms with van der Waals surface area (Å²) < 4.78 is 11.1. The highest BCUT2D eigenvalue weighted by Gasteiger charge is 2.08. The summed E-state index contributed by atoms with van der Waals surface area (Å²) >= 11 is 0. The van der Waals surface area contributed by atoms with Crippen molar-refractivity contribution in [3.05, 3.63) is 60.1 Å². The Morgan fingerprint density at radius 3 is 2.58 bits per heavy atom. The molecule has 102 valence electrons. The molecule has 0 aliphatic rings. The van der Waals surface area contributed by atoms with E-state index in [1.807, 2.05) is 30.3 Å². The quantitative estimate of drug-likeness (QED) is 0.770. The Kier molecular flexibility index (Phi) is 5.19. The molecule has 1 aromatic heterocycles. The van der Waals surface area contributed by atoms with E-state index in [0.717, 1.165) is 12.3 Å². The predicted octanol–water partition coefficient (Wildman–Crippen LogP) is 3.71. The second-order valence-corrected chi connectivity index (χ2v) is 4.61. The molecule has 3 nitrogen and oxygen atoms in total. The van der Waals surface area contributed by atoms with Crippen LogP contribution in [0.2, 0.25) is 0 Å². The van der Waals surface area contributed by atoms with Gasteiger partial charge in [0.15, 0.2) is 0 Å². The number of hydrogen-bond acceptors (Lipinski definition) is 3. The van der Waals surface area contributed by atoms with E-state index in [4.69, 9.17) is 9.15 Å². The van der Waals surface area contributed by atoms with Gasteiger partial charge >= 0.3 is 0 Å². The topological polar surface area (TPSA) is 34.4 Å². The maximum Gasteiger partial charge on any atom is 0.120 e. The van der Waals surface area contributed by atoms with Gasteiger partial charge in [-0.2, -0.15) is 0 Å². The van der Waals surface area contributed by atoms with Gasteiger partial charge in [0.2, 0.25) is 0 Å². The summed E-state index contributed by atoms with van der Waals surface area (Å²) in [6.45, 7) is 5.64. The largest absolute Gasteiger partial charge is 0.468 e. The first-order valence-corrected chi connectivity index (χ1v) is 6.70. The van der Waals surface area contributed by atoms with Crippen LogP contribution in [-0.4, -0.2) is 13.2 Å². The number of hydrogen-bond donors (Lipinski definition) is 1. The lowest BCUT2D eigenvalue weighted by molar-refractivity contribution is 0.0663. The third-order valence-corrected chi connectivity index (χ3v) is 3.16. The number of furan rings is 1. The van der Waals surface area contributed by atoms with Crippen LogP contribution in [0.1, 0.15) is 37.3 Å². The highest BCUT2D eigenvalue weighted by Crippen LogP contribution is 2.15. The minimum atomic E-state index is 0.127. The van der Waals surface area contributed by atoms with E-state index in [2.05, 4.69) is 31.3 Å². The van der Waals surface area contributed by atoms with Gasteiger partial charge in [-0.05, 0) is 31.5 Å². The van der Waals surface area contributed by atoms with Crippen molar-refractivity contribution in [2.75, 3.05) is 13.2 Å². The van der Waals surface area contributed by atoms with Gasteiger partial charge in [-0.1, -0.05) is 30.3 Å². The molecule has 2 atom stereocenters. The fourth-order valence-electron chi connectivity index (χ4n) is 1.97. The van der Waals surface area contributed by atoms with Crippen LogP contribution >= 0.6 is 0 Å². The van der Waals surface area contributed by atoms with E-state index in [1.54, 1.807) is 6.26 Å². The van der Waals surface area contributed by atoms with Crippen LogP contribution < -0.4 is 5.32 Å². The molecule has 2 rings (SSSR count). The molecule has 2 aromatic rings. The predicted molar refractivity (Wildman–Crippen MR) is 75.9 cm³/mol. The SMILES string of the molecule is CC(NCCOC(C)c1ccccc1)c1ccco1.